The Balaban J connectivity index is 3.29. The Hall–Kier alpha value is -0.0300. The Kier molecular flexibility index (Phi) is 5.57. The van der Waals surface area contributed by atoms with Crippen LogP contribution >= 0.6 is 11.8 Å². The van der Waals surface area contributed by atoms with Crippen LogP contribution in [0.25, 0.3) is 0 Å². The normalized spacial score (nSPS) is 11.5. The standard InChI is InChI=1S/C7H14O3S2/c1-7(8)11-5-3-4-6-12(2,9)10/h3-6H2,1-2H3. The van der Waals surface area contributed by atoms with Gasteiger partial charge in [0.05, 0.1) is 0 Å². The third-order valence-electron chi connectivity index (χ3n) is 1.21. The molecular weight excluding hydrogens is 196 g/mol. The van der Waals surface area contributed by atoms with Gasteiger partial charge in [-0.05, 0) is 12.8 Å². The van der Waals surface area contributed by atoms with Crippen molar-refractivity contribution in [2.75, 3.05) is 17.8 Å². The van der Waals surface area contributed by atoms with Crippen molar-refractivity contribution < 1.29 is 13.2 Å². The number of rotatable bonds is 5. The molecule has 12 heavy (non-hydrogen) atoms. The van der Waals surface area contributed by atoms with Gasteiger partial charge in [0, 0.05) is 24.7 Å². The summed E-state index contributed by atoms with van der Waals surface area (Å²) in [5, 5.41) is 0.0920. The van der Waals surface area contributed by atoms with E-state index in [1.165, 1.54) is 24.9 Å². The minimum atomic E-state index is -2.82. The summed E-state index contributed by atoms with van der Waals surface area (Å²) in [4.78, 5) is 10.4. The van der Waals surface area contributed by atoms with Crippen LogP contribution in [0.2, 0.25) is 0 Å². The summed E-state index contributed by atoms with van der Waals surface area (Å²) in [5.41, 5.74) is 0. The van der Waals surface area contributed by atoms with Gasteiger partial charge in [-0.2, -0.15) is 0 Å². The number of carbonyl (C=O) groups excluding carboxylic acids is 1. The molecule has 72 valence electrons. The summed E-state index contributed by atoms with van der Waals surface area (Å²) >= 11 is 1.25. The molecule has 0 saturated carbocycles. The van der Waals surface area contributed by atoms with Crippen LogP contribution in [0.5, 0.6) is 0 Å². The maximum Gasteiger partial charge on any atom is 0.185 e. The molecule has 5 heteroatoms. The fraction of sp³-hybridized carbons (Fsp3) is 0.857. The summed E-state index contributed by atoms with van der Waals surface area (Å²) in [6.07, 6.45) is 2.67. The highest BCUT2D eigenvalue weighted by atomic mass is 32.2. The molecule has 0 saturated heterocycles. The molecule has 3 nitrogen and oxygen atoms in total. The van der Waals surface area contributed by atoms with E-state index in [1.807, 2.05) is 0 Å². The van der Waals surface area contributed by atoms with Crippen LogP contribution in [0.1, 0.15) is 19.8 Å². The molecule has 0 aliphatic carbocycles. The molecular formula is C7H14O3S2. The molecule has 0 aromatic heterocycles. The van der Waals surface area contributed by atoms with Crippen molar-refractivity contribution in [1.29, 1.82) is 0 Å². The molecule has 0 spiro atoms. The number of sulfone groups is 1. The van der Waals surface area contributed by atoms with E-state index in [0.717, 1.165) is 12.2 Å². The molecule has 0 aromatic rings. The molecule has 0 aliphatic heterocycles. The maximum atomic E-state index is 10.7. The van der Waals surface area contributed by atoms with E-state index in [1.54, 1.807) is 0 Å². The van der Waals surface area contributed by atoms with Crippen LogP contribution in [0.4, 0.5) is 0 Å². The highest BCUT2D eigenvalue weighted by Crippen LogP contribution is 2.05. The van der Waals surface area contributed by atoms with Crippen LogP contribution in [0, 0.1) is 0 Å². The van der Waals surface area contributed by atoms with Gasteiger partial charge in [-0.1, -0.05) is 11.8 Å². The van der Waals surface area contributed by atoms with Gasteiger partial charge in [-0.25, -0.2) is 8.42 Å². The summed E-state index contributed by atoms with van der Waals surface area (Å²) in [6.45, 7) is 1.52. The Morgan fingerprint density at radius 3 is 2.33 bits per heavy atom. The lowest BCUT2D eigenvalue weighted by molar-refractivity contribution is -0.109. The number of thioether (sulfide) groups is 1. The molecule has 0 N–H and O–H groups in total. The van der Waals surface area contributed by atoms with Gasteiger partial charge < -0.3 is 0 Å². The second-order valence-electron chi connectivity index (χ2n) is 2.68. The minimum Gasteiger partial charge on any atom is -0.288 e. The van der Waals surface area contributed by atoms with Crippen molar-refractivity contribution in [3.05, 3.63) is 0 Å². The third kappa shape index (κ3) is 9.97. The predicted octanol–water partition coefficient (Wildman–Crippen LogP) is 1.09. The summed E-state index contributed by atoms with van der Waals surface area (Å²) in [6, 6.07) is 0. The lowest BCUT2D eigenvalue weighted by Crippen LogP contribution is -2.03. The first-order chi connectivity index (χ1) is 5.42. The van der Waals surface area contributed by atoms with Gasteiger partial charge in [0.1, 0.15) is 9.84 Å². The summed E-state index contributed by atoms with van der Waals surface area (Å²) in [7, 11) is -2.82. The van der Waals surface area contributed by atoms with E-state index in [9.17, 15) is 13.2 Å². The van der Waals surface area contributed by atoms with E-state index in [-0.39, 0.29) is 10.9 Å². The average molecular weight is 210 g/mol. The quantitative estimate of drug-likeness (QED) is 0.637. The van der Waals surface area contributed by atoms with Gasteiger partial charge in [-0.15, -0.1) is 0 Å². The predicted molar refractivity (Wildman–Crippen MR) is 52.1 cm³/mol. The smallest absolute Gasteiger partial charge is 0.185 e. The number of hydrogen-bond acceptors (Lipinski definition) is 4. The molecule has 0 unspecified atom stereocenters. The van der Waals surface area contributed by atoms with Crippen molar-refractivity contribution in [2.24, 2.45) is 0 Å². The second kappa shape index (κ2) is 5.59. The highest BCUT2D eigenvalue weighted by Gasteiger charge is 2.01. The molecule has 0 bridgehead atoms. The van der Waals surface area contributed by atoms with Gasteiger partial charge in [-0.3, -0.25) is 4.79 Å². The molecule has 0 amide bonds. The SMILES string of the molecule is CC(=O)SCCCCS(C)(=O)=O. The van der Waals surface area contributed by atoms with Crippen LogP contribution in [-0.4, -0.2) is 31.3 Å². The van der Waals surface area contributed by atoms with Crippen LogP contribution in [-0.2, 0) is 14.6 Å². The molecule has 0 heterocycles. The Morgan fingerprint density at radius 2 is 1.92 bits per heavy atom. The Labute approximate surface area is 77.8 Å². The van der Waals surface area contributed by atoms with Crippen molar-refractivity contribution >= 4 is 26.7 Å². The Bertz CT molecular complexity index is 231. The second-order valence-corrected chi connectivity index (χ2v) is 6.21. The van der Waals surface area contributed by atoms with Crippen LogP contribution in [0.3, 0.4) is 0 Å². The first-order valence-corrected chi connectivity index (χ1v) is 6.77. The van der Waals surface area contributed by atoms with Crippen molar-refractivity contribution in [3.8, 4) is 0 Å². The molecule has 0 fully saturated rings. The zero-order chi connectivity index (χ0) is 9.61. The van der Waals surface area contributed by atoms with Crippen LogP contribution in [0.15, 0.2) is 0 Å². The molecule has 0 rings (SSSR count). The van der Waals surface area contributed by atoms with Gasteiger partial charge >= 0.3 is 0 Å². The van der Waals surface area contributed by atoms with E-state index in [4.69, 9.17) is 0 Å². The van der Waals surface area contributed by atoms with Gasteiger partial charge in [0.2, 0.25) is 0 Å². The average Bonchev–Trinajstić information content (AvgIpc) is 1.83. The number of hydrogen-bond donors (Lipinski definition) is 0. The zero-order valence-corrected chi connectivity index (χ0v) is 9.00. The van der Waals surface area contributed by atoms with Crippen molar-refractivity contribution in [1.82, 2.24) is 0 Å². The third-order valence-corrected chi connectivity index (χ3v) is 3.14. The summed E-state index contributed by atoms with van der Waals surface area (Å²) in [5.74, 6) is 0.955. The zero-order valence-electron chi connectivity index (χ0n) is 7.37. The minimum absolute atomic E-state index is 0.0920. The molecule has 0 aromatic carbocycles. The van der Waals surface area contributed by atoms with Gasteiger partial charge in [0.25, 0.3) is 0 Å². The molecule has 0 atom stereocenters. The van der Waals surface area contributed by atoms with Crippen LogP contribution < -0.4 is 0 Å². The van der Waals surface area contributed by atoms with E-state index in [0.29, 0.717) is 6.42 Å². The van der Waals surface area contributed by atoms with E-state index < -0.39 is 9.84 Å². The van der Waals surface area contributed by atoms with Gasteiger partial charge in [0.15, 0.2) is 5.12 Å². The Morgan fingerprint density at radius 1 is 1.33 bits per heavy atom. The highest BCUT2D eigenvalue weighted by molar-refractivity contribution is 8.13. The number of unbranched alkanes of at least 4 members (excludes halogenated alkanes) is 1. The van der Waals surface area contributed by atoms with Crippen molar-refractivity contribution in [3.63, 3.8) is 0 Å². The number of carbonyl (C=O) groups is 1. The summed E-state index contributed by atoms with van der Waals surface area (Å²) < 4.78 is 21.3. The molecule has 0 aliphatic rings. The largest absolute Gasteiger partial charge is 0.288 e. The fourth-order valence-electron chi connectivity index (χ4n) is 0.682. The lowest BCUT2D eigenvalue weighted by atomic mass is 10.4. The fourth-order valence-corrected chi connectivity index (χ4v) is 2.05. The maximum absolute atomic E-state index is 10.7. The van der Waals surface area contributed by atoms with E-state index >= 15 is 0 Å². The lowest BCUT2D eigenvalue weighted by Gasteiger charge is -1.97. The first kappa shape index (κ1) is 12.0. The van der Waals surface area contributed by atoms with Crippen molar-refractivity contribution in [2.45, 2.75) is 19.8 Å². The molecule has 0 radical (unpaired) electrons. The van der Waals surface area contributed by atoms with E-state index in [2.05, 4.69) is 0 Å². The monoisotopic (exact) mass is 210 g/mol. The topological polar surface area (TPSA) is 51.2 Å². The first-order valence-electron chi connectivity index (χ1n) is 3.73.